The molecule has 34 heavy (non-hydrogen) atoms. The average molecular weight is 472 g/mol. The van der Waals surface area contributed by atoms with E-state index in [4.69, 9.17) is 16.6 Å². The Balaban J connectivity index is 1.46. The fourth-order valence-corrected chi connectivity index (χ4v) is 4.11. The molecule has 0 saturated carbocycles. The number of carbonyl (C=O) groups is 1. The smallest absolute Gasteiger partial charge is 0.258 e. The molecule has 3 heterocycles. The third-order valence-electron chi connectivity index (χ3n) is 5.69. The van der Waals surface area contributed by atoms with Gasteiger partial charge in [-0.3, -0.25) is 14.8 Å². The van der Waals surface area contributed by atoms with Gasteiger partial charge in [-0.05, 0) is 37.6 Å². The van der Waals surface area contributed by atoms with E-state index in [0.29, 0.717) is 22.8 Å². The van der Waals surface area contributed by atoms with Gasteiger partial charge in [0.1, 0.15) is 6.33 Å². The maximum atomic E-state index is 13.3. The lowest BCUT2D eigenvalue weighted by Gasteiger charge is -2.09. The van der Waals surface area contributed by atoms with E-state index in [0.717, 1.165) is 34.3 Å². The van der Waals surface area contributed by atoms with Crippen LogP contribution in [0, 0.1) is 6.92 Å². The van der Waals surface area contributed by atoms with Gasteiger partial charge in [-0.1, -0.05) is 48.0 Å². The van der Waals surface area contributed by atoms with E-state index in [1.54, 1.807) is 23.3 Å². The van der Waals surface area contributed by atoms with Crippen molar-refractivity contribution in [1.82, 2.24) is 29.5 Å². The van der Waals surface area contributed by atoms with Crippen LogP contribution in [-0.2, 0) is 13.1 Å². The van der Waals surface area contributed by atoms with Gasteiger partial charge in [0.25, 0.3) is 5.91 Å². The number of rotatable bonds is 6. The first kappa shape index (κ1) is 21.8. The number of nitrogens with zero attached hydrogens (tertiary/aromatic N) is 6. The van der Waals surface area contributed by atoms with Crippen molar-refractivity contribution in [3.8, 4) is 11.3 Å². The maximum absolute atomic E-state index is 13.3. The molecule has 0 aliphatic rings. The highest BCUT2D eigenvalue weighted by atomic mass is 35.5. The summed E-state index contributed by atoms with van der Waals surface area (Å²) in [4.78, 5) is 22.3. The molecule has 0 aliphatic heterocycles. The van der Waals surface area contributed by atoms with Crippen molar-refractivity contribution in [2.45, 2.75) is 26.9 Å². The van der Waals surface area contributed by atoms with Crippen molar-refractivity contribution in [2.75, 3.05) is 5.32 Å². The molecule has 1 amide bonds. The van der Waals surface area contributed by atoms with Gasteiger partial charge in [-0.2, -0.15) is 5.10 Å². The first-order chi connectivity index (χ1) is 16.5. The number of aromatic nitrogens is 6. The molecule has 0 aliphatic carbocycles. The van der Waals surface area contributed by atoms with Crippen LogP contribution in [0.5, 0.6) is 0 Å². The Kier molecular flexibility index (Phi) is 5.81. The first-order valence-electron chi connectivity index (χ1n) is 10.9. The zero-order valence-corrected chi connectivity index (χ0v) is 19.5. The number of hydrogen-bond donors (Lipinski definition) is 1. The second kappa shape index (κ2) is 9.07. The Labute approximate surface area is 201 Å². The van der Waals surface area contributed by atoms with E-state index in [1.807, 2.05) is 67.1 Å². The number of anilines is 1. The summed E-state index contributed by atoms with van der Waals surface area (Å²) in [5.74, 6) is -0.0923. The first-order valence-corrected chi connectivity index (χ1v) is 11.3. The standard InChI is InChI=1S/C25H22ClN7O/c1-3-33-16(2)20(13-28-33)23-12-19(18-9-5-7-11-22(18)29-23)24(34)30-25-27-15-32(31-25)14-17-8-4-6-10-21(17)26/h4-13,15H,3,14H2,1-2H3,(H,30,31,34). The quantitative estimate of drug-likeness (QED) is 0.377. The van der Waals surface area contributed by atoms with E-state index < -0.39 is 0 Å². The van der Waals surface area contributed by atoms with Crippen LogP contribution in [0.15, 0.2) is 67.1 Å². The molecule has 9 heteroatoms. The summed E-state index contributed by atoms with van der Waals surface area (Å²) < 4.78 is 3.54. The Hall–Kier alpha value is -4.04. The van der Waals surface area contributed by atoms with E-state index in [9.17, 15) is 4.79 Å². The summed E-state index contributed by atoms with van der Waals surface area (Å²) in [6.07, 6.45) is 3.35. The Morgan fingerprint density at radius 3 is 2.71 bits per heavy atom. The van der Waals surface area contributed by atoms with Crippen LogP contribution < -0.4 is 5.32 Å². The highest BCUT2D eigenvalue weighted by molar-refractivity contribution is 6.31. The molecule has 0 fully saturated rings. The van der Waals surface area contributed by atoms with E-state index in [1.165, 1.54) is 0 Å². The van der Waals surface area contributed by atoms with E-state index >= 15 is 0 Å². The normalized spacial score (nSPS) is 11.1. The van der Waals surface area contributed by atoms with Gasteiger partial charge in [-0.25, -0.2) is 14.6 Å². The van der Waals surface area contributed by atoms with Crippen LogP contribution in [0.25, 0.3) is 22.2 Å². The lowest BCUT2D eigenvalue weighted by atomic mass is 10.0. The number of benzene rings is 2. The molecule has 3 aromatic heterocycles. The van der Waals surface area contributed by atoms with Gasteiger partial charge < -0.3 is 0 Å². The minimum atomic E-state index is -0.309. The van der Waals surface area contributed by atoms with Crippen molar-refractivity contribution in [2.24, 2.45) is 0 Å². The largest absolute Gasteiger partial charge is 0.289 e. The molecule has 0 atom stereocenters. The number of carbonyl (C=O) groups excluding carboxylic acids is 1. The summed E-state index contributed by atoms with van der Waals surface area (Å²) >= 11 is 6.24. The van der Waals surface area contributed by atoms with Crippen LogP contribution in [0.1, 0.15) is 28.5 Å². The second-order valence-corrected chi connectivity index (χ2v) is 8.25. The third kappa shape index (κ3) is 4.15. The minimum absolute atomic E-state index is 0.217. The molecule has 5 aromatic rings. The number of fused-ring (bicyclic) bond motifs is 1. The maximum Gasteiger partial charge on any atom is 0.258 e. The topological polar surface area (TPSA) is 90.5 Å². The Morgan fingerprint density at radius 2 is 1.91 bits per heavy atom. The summed E-state index contributed by atoms with van der Waals surface area (Å²) in [6, 6.07) is 16.9. The fraction of sp³-hybridized carbons (Fsp3) is 0.160. The molecule has 0 spiro atoms. The van der Waals surface area contributed by atoms with Crippen molar-refractivity contribution < 1.29 is 4.79 Å². The number of para-hydroxylation sites is 1. The molecule has 8 nitrogen and oxygen atoms in total. The highest BCUT2D eigenvalue weighted by Crippen LogP contribution is 2.27. The van der Waals surface area contributed by atoms with Gasteiger partial charge in [0.05, 0.1) is 29.5 Å². The molecule has 1 N–H and O–H groups in total. The minimum Gasteiger partial charge on any atom is -0.289 e. The molecular formula is C25H22ClN7O. The van der Waals surface area contributed by atoms with Gasteiger partial charge in [0.15, 0.2) is 0 Å². The lowest BCUT2D eigenvalue weighted by molar-refractivity contribution is 0.102. The zero-order valence-electron chi connectivity index (χ0n) is 18.7. The third-order valence-corrected chi connectivity index (χ3v) is 6.06. The van der Waals surface area contributed by atoms with Gasteiger partial charge >= 0.3 is 0 Å². The fourth-order valence-electron chi connectivity index (χ4n) is 3.92. The van der Waals surface area contributed by atoms with Gasteiger partial charge in [-0.15, -0.1) is 5.10 Å². The average Bonchev–Trinajstić information content (AvgIpc) is 3.45. The number of aryl methyl sites for hydroxylation is 1. The van der Waals surface area contributed by atoms with E-state index in [-0.39, 0.29) is 11.9 Å². The highest BCUT2D eigenvalue weighted by Gasteiger charge is 2.18. The summed E-state index contributed by atoms with van der Waals surface area (Å²) in [5, 5.41) is 13.0. The molecule has 0 radical (unpaired) electrons. The van der Waals surface area contributed by atoms with Gasteiger partial charge in [0, 0.05) is 28.2 Å². The van der Waals surface area contributed by atoms with Crippen LogP contribution in [0.2, 0.25) is 5.02 Å². The Morgan fingerprint density at radius 1 is 1.12 bits per heavy atom. The van der Waals surface area contributed by atoms with Crippen molar-refractivity contribution in [1.29, 1.82) is 0 Å². The van der Waals surface area contributed by atoms with E-state index in [2.05, 4.69) is 20.5 Å². The summed E-state index contributed by atoms with van der Waals surface area (Å²) in [5.41, 5.74) is 4.72. The molecule has 170 valence electrons. The molecule has 0 unspecified atom stereocenters. The van der Waals surface area contributed by atoms with Crippen LogP contribution in [0.4, 0.5) is 5.95 Å². The molecule has 2 aromatic carbocycles. The predicted octanol–water partition coefficient (Wildman–Crippen LogP) is 4.97. The second-order valence-electron chi connectivity index (χ2n) is 7.84. The molecule has 0 bridgehead atoms. The molecular weight excluding hydrogens is 450 g/mol. The van der Waals surface area contributed by atoms with Crippen molar-refractivity contribution >= 4 is 34.4 Å². The number of hydrogen-bond acceptors (Lipinski definition) is 5. The SMILES string of the molecule is CCn1ncc(-c2cc(C(=O)Nc3ncn(Cc4ccccc4Cl)n3)c3ccccc3n2)c1C. The van der Waals surface area contributed by atoms with Crippen LogP contribution >= 0.6 is 11.6 Å². The summed E-state index contributed by atoms with van der Waals surface area (Å²) in [7, 11) is 0. The monoisotopic (exact) mass is 471 g/mol. The predicted molar refractivity (Wildman–Crippen MR) is 132 cm³/mol. The summed E-state index contributed by atoms with van der Waals surface area (Å²) in [6.45, 7) is 5.24. The molecule has 0 saturated heterocycles. The van der Waals surface area contributed by atoms with Crippen molar-refractivity contribution in [3.63, 3.8) is 0 Å². The number of halogens is 1. The number of amides is 1. The van der Waals surface area contributed by atoms with Gasteiger partial charge in [0.2, 0.25) is 5.95 Å². The lowest BCUT2D eigenvalue weighted by Crippen LogP contribution is -2.14. The number of nitrogens with one attached hydrogen (secondary N) is 1. The molecule has 5 rings (SSSR count). The van der Waals surface area contributed by atoms with Crippen LogP contribution in [0.3, 0.4) is 0 Å². The van der Waals surface area contributed by atoms with Crippen molar-refractivity contribution in [3.05, 3.63) is 89.0 Å². The Bertz CT molecular complexity index is 1500. The van der Waals surface area contributed by atoms with Crippen LogP contribution in [-0.4, -0.2) is 35.4 Å². The zero-order chi connectivity index (χ0) is 23.7. The number of pyridine rings is 1.